The molecule has 0 saturated heterocycles. The lowest BCUT2D eigenvalue weighted by Crippen LogP contribution is -2.50. The number of benzene rings is 1. The van der Waals surface area contributed by atoms with Gasteiger partial charge in [-0.05, 0) is 38.0 Å². The van der Waals surface area contributed by atoms with E-state index in [-0.39, 0.29) is 23.6 Å². The second kappa shape index (κ2) is 7.73. The number of anilines is 1. The molecule has 2 atom stereocenters. The molecule has 0 saturated carbocycles. The largest absolute Gasteiger partial charge is 0.352 e. The smallest absolute Gasteiger partial charge is 0.243 e. The molecule has 0 aliphatic rings. The summed E-state index contributed by atoms with van der Waals surface area (Å²) in [5.41, 5.74) is 0.254. The van der Waals surface area contributed by atoms with Crippen LogP contribution in [0, 0.1) is 5.92 Å². The molecule has 0 fully saturated rings. The lowest BCUT2D eigenvalue weighted by Gasteiger charge is -2.30. The molecule has 0 aliphatic heterocycles. The summed E-state index contributed by atoms with van der Waals surface area (Å²) in [6.07, 6.45) is 1.04. The van der Waals surface area contributed by atoms with Gasteiger partial charge in [0, 0.05) is 16.1 Å². The molecule has 23 heavy (non-hydrogen) atoms. The number of hydrogen-bond donors (Lipinski definition) is 1. The molecule has 5 nitrogen and oxygen atoms in total. The summed E-state index contributed by atoms with van der Waals surface area (Å²) in [7, 11) is -3.70. The molecule has 2 unspecified atom stereocenters. The zero-order chi connectivity index (χ0) is 17.9. The Bertz CT molecular complexity index is 657. The maximum absolute atomic E-state index is 12.4. The summed E-state index contributed by atoms with van der Waals surface area (Å²) in [4.78, 5) is 12.4. The molecule has 1 aromatic rings. The topological polar surface area (TPSA) is 66.5 Å². The van der Waals surface area contributed by atoms with Crippen LogP contribution < -0.4 is 9.62 Å². The molecule has 130 valence electrons. The molecule has 1 N–H and O–H groups in total. The molecule has 0 aromatic heterocycles. The number of nitrogens with one attached hydrogen (secondary N) is 1. The van der Waals surface area contributed by atoms with Crippen LogP contribution in [0.3, 0.4) is 0 Å². The van der Waals surface area contributed by atoms with Crippen molar-refractivity contribution in [1.82, 2.24) is 5.32 Å². The van der Waals surface area contributed by atoms with E-state index >= 15 is 0 Å². The van der Waals surface area contributed by atoms with E-state index in [0.29, 0.717) is 10.0 Å². The number of carbonyl (C=O) groups is 1. The Balaban J connectivity index is 3.20. The number of amides is 1. The van der Waals surface area contributed by atoms with E-state index in [9.17, 15) is 13.2 Å². The Morgan fingerprint density at radius 3 is 1.96 bits per heavy atom. The molecule has 0 radical (unpaired) electrons. The van der Waals surface area contributed by atoms with E-state index in [1.807, 2.05) is 20.8 Å². The molecule has 0 aliphatic carbocycles. The van der Waals surface area contributed by atoms with E-state index in [1.54, 1.807) is 0 Å². The van der Waals surface area contributed by atoms with Crippen LogP contribution in [0.5, 0.6) is 0 Å². The van der Waals surface area contributed by atoms with Crippen LogP contribution in [0.1, 0.15) is 27.7 Å². The minimum atomic E-state index is -3.70. The van der Waals surface area contributed by atoms with Crippen molar-refractivity contribution in [3.63, 3.8) is 0 Å². The molecule has 8 heteroatoms. The first-order chi connectivity index (χ1) is 10.4. The van der Waals surface area contributed by atoms with Gasteiger partial charge in [0.1, 0.15) is 6.04 Å². The maximum Gasteiger partial charge on any atom is 0.243 e. The van der Waals surface area contributed by atoms with E-state index in [2.05, 4.69) is 5.32 Å². The Morgan fingerprint density at radius 2 is 1.57 bits per heavy atom. The first kappa shape index (κ1) is 20.1. The van der Waals surface area contributed by atoms with Gasteiger partial charge in [-0.3, -0.25) is 9.10 Å². The van der Waals surface area contributed by atoms with Crippen molar-refractivity contribution in [1.29, 1.82) is 0 Å². The van der Waals surface area contributed by atoms with Crippen molar-refractivity contribution in [3.8, 4) is 0 Å². The van der Waals surface area contributed by atoms with E-state index in [1.165, 1.54) is 25.1 Å². The highest BCUT2D eigenvalue weighted by Gasteiger charge is 2.30. The van der Waals surface area contributed by atoms with Crippen molar-refractivity contribution in [2.75, 3.05) is 10.6 Å². The Hall–Kier alpha value is -0.980. The maximum atomic E-state index is 12.4. The van der Waals surface area contributed by atoms with Crippen molar-refractivity contribution >= 4 is 44.8 Å². The fraction of sp³-hybridized carbons (Fsp3) is 0.533. The van der Waals surface area contributed by atoms with Gasteiger partial charge in [0.05, 0.1) is 11.9 Å². The third-order valence-corrected chi connectivity index (χ3v) is 5.24. The standard InChI is InChI=1S/C15H22Cl2N2O3S/c1-9(2)10(3)18-15(20)11(4)19(23(5,21)22)14-7-12(16)6-13(17)8-14/h6-11H,1-5H3,(H,18,20). The van der Waals surface area contributed by atoms with Gasteiger partial charge >= 0.3 is 0 Å². The summed E-state index contributed by atoms with van der Waals surface area (Å²) < 4.78 is 25.4. The summed E-state index contributed by atoms with van der Waals surface area (Å²) in [6.45, 7) is 7.34. The lowest BCUT2D eigenvalue weighted by molar-refractivity contribution is -0.122. The number of sulfonamides is 1. The van der Waals surface area contributed by atoms with Crippen molar-refractivity contribution in [2.24, 2.45) is 5.92 Å². The average Bonchev–Trinajstić information content (AvgIpc) is 2.35. The highest BCUT2D eigenvalue weighted by Crippen LogP contribution is 2.28. The molecule has 1 amide bonds. The highest BCUT2D eigenvalue weighted by molar-refractivity contribution is 7.92. The minimum absolute atomic E-state index is 0.0747. The first-order valence-electron chi connectivity index (χ1n) is 7.19. The van der Waals surface area contributed by atoms with Gasteiger partial charge in [0.15, 0.2) is 0 Å². The van der Waals surface area contributed by atoms with Gasteiger partial charge in [-0.15, -0.1) is 0 Å². The van der Waals surface area contributed by atoms with E-state index in [4.69, 9.17) is 23.2 Å². The summed E-state index contributed by atoms with van der Waals surface area (Å²) in [6, 6.07) is 3.42. The molecular weight excluding hydrogens is 359 g/mol. The number of nitrogens with zero attached hydrogens (tertiary/aromatic N) is 1. The SMILES string of the molecule is CC(C)C(C)NC(=O)C(C)N(c1cc(Cl)cc(Cl)c1)S(C)(=O)=O. The molecule has 0 heterocycles. The van der Waals surface area contributed by atoms with E-state index < -0.39 is 16.1 Å². The minimum Gasteiger partial charge on any atom is -0.352 e. The van der Waals surface area contributed by atoms with Crippen molar-refractivity contribution < 1.29 is 13.2 Å². The van der Waals surface area contributed by atoms with Crippen LogP contribution in [-0.2, 0) is 14.8 Å². The van der Waals surface area contributed by atoms with Crippen molar-refractivity contribution in [3.05, 3.63) is 28.2 Å². The van der Waals surface area contributed by atoms with Gasteiger partial charge < -0.3 is 5.32 Å². The first-order valence-corrected chi connectivity index (χ1v) is 9.79. The second-order valence-corrected chi connectivity index (χ2v) is 8.64. The predicted octanol–water partition coefficient (Wildman–Crippen LogP) is 3.31. The zero-order valence-corrected chi connectivity index (χ0v) is 16.1. The van der Waals surface area contributed by atoms with Crippen LogP contribution in [0.25, 0.3) is 0 Å². The van der Waals surface area contributed by atoms with Gasteiger partial charge in [0.25, 0.3) is 0 Å². The summed E-state index contributed by atoms with van der Waals surface area (Å²) in [5.74, 6) is -0.147. The highest BCUT2D eigenvalue weighted by atomic mass is 35.5. The molecule has 1 rings (SSSR count). The van der Waals surface area contributed by atoms with Gasteiger partial charge in [-0.2, -0.15) is 0 Å². The van der Waals surface area contributed by atoms with Crippen LogP contribution in [0.2, 0.25) is 10.0 Å². The molecule has 0 spiro atoms. The Kier molecular flexibility index (Phi) is 6.74. The third-order valence-electron chi connectivity index (χ3n) is 3.56. The van der Waals surface area contributed by atoms with Gasteiger partial charge in [0.2, 0.25) is 15.9 Å². The third kappa shape index (κ3) is 5.55. The number of rotatable bonds is 6. The second-order valence-electron chi connectivity index (χ2n) is 5.90. The Labute approximate surface area is 148 Å². The molecule has 1 aromatic carbocycles. The monoisotopic (exact) mass is 380 g/mol. The van der Waals surface area contributed by atoms with Crippen LogP contribution in [-0.4, -0.2) is 32.7 Å². The Morgan fingerprint density at radius 1 is 1.09 bits per heavy atom. The number of hydrogen-bond acceptors (Lipinski definition) is 3. The van der Waals surface area contributed by atoms with Crippen LogP contribution >= 0.6 is 23.2 Å². The molecular formula is C15H22Cl2N2O3S. The summed E-state index contributed by atoms with van der Waals surface area (Å²) in [5, 5.41) is 3.41. The predicted molar refractivity (Wildman–Crippen MR) is 95.7 cm³/mol. The van der Waals surface area contributed by atoms with E-state index in [0.717, 1.165) is 10.6 Å². The normalized spacial score (nSPS) is 14.4. The quantitative estimate of drug-likeness (QED) is 0.822. The van der Waals surface area contributed by atoms with Crippen molar-refractivity contribution in [2.45, 2.75) is 39.8 Å². The van der Waals surface area contributed by atoms with Crippen LogP contribution in [0.4, 0.5) is 5.69 Å². The lowest BCUT2D eigenvalue weighted by atomic mass is 10.1. The molecule has 0 bridgehead atoms. The fourth-order valence-electron chi connectivity index (χ4n) is 1.99. The number of halogens is 2. The van der Waals surface area contributed by atoms with Crippen LogP contribution in [0.15, 0.2) is 18.2 Å². The average molecular weight is 381 g/mol. The van der Waals surface area contributed by atoms with Gasteiger partial charge in [-0.1, -0.05) is 37.0 Å². The fourth-order valence-corrected chi connectivity index (χ4v) is 3.66. The number of carbonyl (C=O) groups excluding carboxylic acids is 1. The summed E-state index contributed by atoms with van der Waals surface area (Å²) >= 11 is 11.9. The zero-order valence-electron chi connectivity index (χ0n) is 13.8. The van der Waals surface area contributed by atoms with Gasteiger partial charge in [-0.25, -0.2) is 8.42 Å².